The lowest BCUT2D eigenvalue weighted by Crippen LogP contribution is -2.32. The summed E-state index contributed by atoms with van der Waals surface area (Å²) in [4.78, 5) is 0. The molecule has 0 aromatic heterocycles. The quantitative estimate of drug-likeness (QED) is 0.875. The van der Waals surface area contributed by atoms with Crippen molar-refractivity contribution < 1.29 is 9.84 Å². The van der Waals surface area contributed by atoms with E-state index < -0.39 is 6.10 Å². The summed E-state index contributed by atoms with van der Waals surface area (Å²) >= 11 is 12.2. The SMILES string of the molecule is COCC(O)CNC1CCc2c1ccc(Cl)c2Cl. The second-order valence-corrected chi connectivity index (χ2v) is 5.32. The first-order chi connectivity index (χ1) is 8.63. The molecule has 5 heteroatoms. The first-order valence-electron chi connectivity index (χ1n) is 6.00. The van der Waals surface area contributed by atoms with Crippen LogP contribution in [0.3, 0.4) is 0 Å². The normalized spacial score (nSPS) is 19.9. The maximum absolute atomic E-state index is 9.62. The number of halogens is 2. The highest BCUT2D eigenvalue weighted by atomic mass is 35.5. The van der Waals surface area contributed by atoms with Crippen LogP contribution < -0.4 is 5.32 Å². The fourth-order valence-corrected chi connectivity index (χ4v) is 2.82. The number of hydrogen-bond donors (Lipinski definition) is 2. The van der Waals surface area contributed by atoms with Crippen molar-refractivity contribution in [1.82, 2.24) is 5.32 Å². The van der Waals surface area contributed by atoms with Crippen LogP contribution in [0.2, 0.25) is 10.0 Å². The molecule has 3 nitrogen and oxygen atoms in total. The molecule has 0 saturated carbocycles. The van der Waals surface area contributed by atoms with E-state index in [2.05, 4.69) is 5.32 Å². The zero-order chi connectivity index (χ0) is 13.1. The van der Waals surface area contributed by atoms with Crippen LogP contribution in [0.25, 0.3) is 0 Å². The summed E-state index contributed by atoms with van der Waals surface area (Å²) in [5.74, 6) is 0. The number of aliphatic hydroxyl groups excluding tert-OH is 1. The Morgan fingerprint density at radius 2 is 2.28 bits per heavy atom. The van der Waals surface area contributed by atoms with Crippen LogP contribution in [0.15, 0.2) is 12.1 Å². The van der Waals surface area contributed by atoms with E-state index in [1.165, 1.54) is 5.56 Å². The fourth-order valence-electron chi connectivity index (χ4n) is 2.37. The van der Waals surface area contributed by atoms with Crippen molar-refractivity contribution in [2.24, 2.45) is 0 Å². The lowest BCUT2D eigenvalue weighted by Gasteiger charge is -2.17. The maximum Gasteiger partial charge on any atom is 0.0897 e. The molecule has 2 rings (SSSR count). The van der Waals surface area contributed by atoms with E-state index in [0.717, 1.165) is 18.4 Å². The Hall–Kier alpha value is -0.320. The second kappa shape index (κ2) is 6.22. The van der Waals surface area contributed by atoms with Crippen molar-refractivity contribution in [2.75, 3.05) is 20.3 Å². The highest BCUT2D eigenvalue weighted by Crippen LogP contribution is 2.38. The molecule has 1 aliphatic rings. The topological polar surface area (TPSA) is 41.5 Å². The highest BCUT2D eigenvalue weighted by molar-refractivity contribution is 6.42. The molecule has 0 radical (unpaired) electrons. The maximum atomic E-state index is 9.62. The van der Waals surface area contributed by atoms with Crippen molar-refractivity contribution in [3.8, 4) is 0 Å². The Bertz CT molecular complexity index is 426. The molecule has 100 valence electrons. The summed E-state index contributed by atoms with van der Waals surface area (Å²) in [6.07, 6.45) is 1.42. The molecule has 0 aliphatic heterocycles. The van der Waals surface area contributed by atoms with Crippen LogP contribution in [0, 0.1) is 0 Å². The first-order valence-corrected chi connectivity index (χ1v) is 6.76. The van der Waals surface area contributed by atoms with Crippen molar-refractivity contribution in [3.63, 3.8) is 0 Å². The summed E-state index contributed by atoms with van der Waals surface area (Å²) in [7, 11) is 1.58. The van der Waals surface area contributed by atoms with Gasteiger partial charge < -0.3 is 15.2 Å². The predicted molar refractivity (Wildman–Crippen MR) is 73.4 cm³/mol. The molecule has 0 heterocycles. The molecule has 1 aromatic rings. The molecule has 0 amide bonds. The van der Waals surface area contributed by atoms with Gasteiger partial charge in [0.25, 0.3) is 0 Å². The summed E-state index contributed by atoms with van der Waals surface area (Å²) in [5.41, 5.74) is 2.32. The van der Waals surface area contributed by atoms with Gasteiger partial charge in [-0.05, 0) is 30.0 Å². The highest BCUT2D eigenvalue weighted by Gasteiger charge is 2.25. The minimum absolute atomic E-state index is 0.237. The molecule has 2 atom stereocenters. The number of hydrogen-bond acceptors (Lipinski definition) is 3. The fraction of sp³-hybridized carbons (Fsp3) is 0.538. The summed E-state index contributed by atoms with van der Waals surface area (Å²) in [5, 5.41) is 14.2. The molecular formula is C13H17Cl2NO2. The van der Waals surface area contributed by atoms with Crippen LogP contribution in [-0.4, -0.2) is 31.5 Å². The van der Waals surface area contributed by atoms with Gasteiger partial charge in [0.2, 0.25) is 0 Å². The molecule has 0 saturated heterocycles. The zero-order valence-corrected chi connectivity index (χ0v) is 11.8. The number of benzene rings is 1. The lowest BCUT2D eigenvalue weighted by molar-refractivity contribution is 0.0627. The van der Waals surface area contributed by atoms with Gasteiger partial charge in [0.15, 0.2) is 0 Å². The summed E-state index contributed by atoms with van der Waals surface area (Å²) in [6, 6.07) is 4.08. The Balaban J connectivity index is 2.01. The number of nitrogens with one attached hydrogen (secondary N) is 1. The van der Waals surface area contributed by atoms with Crippen LogP contribution in [0.5, 0.6) is 0 Å². The van der Waals surface area contributed by atoms with Gasteiger partial charge in [0.05, 0.1) is 22.8 Å². The monoisotopic (exact) mass is 289 g/mol. The Morgan fingerprint density at radius 3 is 3.00 bits per heavy atom. The van der Waals surface area contributed by atoms with E-state index >= 15 is 0 Å². The minimum Gasteiger partial charge on any atom is -0.389 e. The van der Waals surface area contributed by atoms with Gasteiger partial charge in [-0.2, -0.15) is 0 Å². The largest absolute Gasteiger partial charge is 0.389 e. The molecule has 1 aliphatic carbocycles. The Labute approximate surface area is 117 Å². The van der Waals surface area contributed by atoms with Gasteiger partial charge in [0, 0.05) is 19.7 Å². The van der Waals surface area contributed by atoms with Crippen molar-refractivity contribution in [3.05, 3.63) is 33.3 Å². The van der Waals surface area contributed by atoms with E-state index in [9.17, 15) is 5.11 Å². The Morgan fingerprint density at radius 1 is 1.50 bits per heavy atom. The van der Waals surface area contributed by atoms with Gasteiger partial charge in [-0.15, -0.1) is 0 Å². The van der Waals surface area contributed by atoms with E-state index in [4.69, 9.17) is 27.9 Å². The molecular weight excluding hydrogens is 273 g/mol. The third-order valence-corrected chi connectivity index (χ3v) is 4.09. The third-order valence-electron chi connectivity index (χ3n) is 3.25. The van der Waals surface area contributed by atoms with Crippen LogP contribution in [0.4, 0.5) is 0 Å². The van der Waals surface area contributed by atoms with E-state index in [-0.39, 0.29) is 6.04 Å². The van der Waals surface area contributed by atoms with E-state index in [1.807, 2.05) is 12.1 Å². The lowest BCUT2D eigenvalue weighted by atomic mass is 10.1. The first kappa shape index (κ1) is 14.1. The Kier molecular flexibility index (Phi) is 4.87. The van der Waals surface area contributed by atoms with Crippen LogP contribution in [0.1, 0.15) is 23.6 Å². The molecule has 2 N–H and O–H groups in total. The number of methoxy groups -OCH3 is 1. The molecule has 1 aromatic carbocycles. The number of aliphatic hydroxyl groups is 1. The third kappa shape index (κ3) is 2.98. The zero-order valence-electron chi connectivity index (χ0n) is 10.2. The van der Waals surface area contributed by atoms with Gasteiger partial charge >= 0.3 is 0 Å². The van der Waals surface area contributed by atoms with Gasteiger partial charge in [-0.1, -0.05) is 29.3 Å². The number of rotatable bonds is 5. The smallest absolute Gasteiger partial charge is 0.0897 e. The van der Waals surface area contributed by atoms with Crippen molar-refractivity contribution in [2.45, 2.75) is 25.0 Å². The average Bonchev–Trinajstić information content (AvgIpc) is 2.75. The summed E-state index contributed by atoms with van der Waals surface area (Å²) in [6.45, 7) is 0.853. The predicted octanol–water partition coefficient (Wildman–Crippen LogP) is 2.58. The average molecular weight is 290 g/mol. The van der Waals surface area contributed by atoms with Crippen LogP contribution in [-0.2, 0) is 11.2 Å². The molecule has 2 unspecified atom stereocenters. The molecule has 0 bridgehead atoms. The molecule has 0 fully saturated rings. The van der Waals surface area contributed by atoms with Crippen LogP contribution >= 0.6 is 23.2 Å². The minimum atomic E-state index is -0.484. The standard InChI is InChI=1S/C13H17Cl2NO2/c1-18-7-8(17)6-16-12-5-3-10-9(12)2-4-11(14)13(10)15/h2,4,8,12,16-17H,3,5-7H2,1H3. The second-order valence-electron chi connectivity index (χ2n) is 4.54. The number of fused-ring (bicyclic) bond motifs is 1. The van der Waals surface area contributed by atoms with Gasteiger partial charge in [0.1, 0.15) is 0 Å². The van der Waals surface area contributed by atoms with Crippen molar-refractivity contribution in [1.29, 1.82) is 0 Å². The molecule has 0 spiro atoms. The van der Waals surface area contributed by atoms with Gasteiger partial charge in [-0.3, -0.25) is 0 Å². The summed E-state index contributed by atoms with van der Waals surface area (Å²) < 4.78 is 4.89. The van der Waals surface area contributed by atoms with Gasteiger partial charge in [-0.25, -0.2) is 0 Å². The van der Waals surface area contributed by atoms with E-state index in [0.29, 0.717) is 23.2 Å². The molecule has 18 heavy (non-hydrogen) atoms. The van der Waals surface area contributed by atoms with E-state index in [1.54, 1.807) is 7.11 Å². The number of ether oxygens (including phenoxy) is 1. The van der Waals surface area contributed by atoms with Crippen molar-refractivity contribution >= 4 is 23.2 Å².